The zero-order valence-corrected chi connectivity index (χ0v) is 15.2. The Morgan fingerprint density at radius 1 is 1.30 bits per heavy atom. The molecule has 3 aromatic heterocycles. The Kier molecular flexibility index (Phi) is 4.64. The molecule has 3 heterocycles. The van der Waals surface area contributed by atoms with Crippen LogP contribution in [0.25, 0.3) is 22.4 Å². The fourth-order valence-corrected chi connectivity index (χ4v) is 3.42. The molecule has 0 aliphatic heterocycles. The molecule has 1 amide bonds. The van der Waals surface area contributed by atoms with E-state index in [9.17, 15) is 9.18 Å². The van der Waals surface area contributed by atoms with E-state index in [1.165, 1.54) is 12.1 Å². The molecule has 0 aliphatic rings. The molecule has 0 saturated heterocycles. The summed E-state index contributed by atoms with van der Waals surface area (Å²) in [6, 6.07) is 7.59. The van der Waals surface area contributed by atoms with Gasteiger partial charge in [-0.3, -0.25) is 4.79 Å². The van der Waals surface area contributed by atoms with Gasteiger partial charge < -0.3 is 9.84 Å². The molecule has 0 fully saturated rings. The predicted octanol–water partition coefficient (Wildman–Crippen LogP) is 3.77. The predicted molar refractivity (Wildman–Crippen MR) is 100 cm³/mol. The van der Waals surface area contributed by atoms with Crippen molar-refractivity contribution in [1.29, 1.82) is 0 Å². The molecule has 0 bridgehead atoms. The summed E-state index contributed by atoms with van der Waals surface area (Å²) in [7, 11) is 0. The summed E-state index contributed by atoms with van der Waals surface area (Å²) in [5.74, 6) is -0.580. The first kappa shape index (κ1) is 17.3. The maximum atomic E-state index is 13.2. The third kappa shape index (κ3) is 3.56. The first-order valence-electron chi connectivity index (χ1n) is 8.31. The van der Waals surface area contributed by atoms with Gasteiger partial charge in [0.1, 0.15) is 5.82 Å². The van der Waals surface area contributed by atoms with Gasteiger partial charge in [-0.1, -0.05) is 5.16 Å². The Bertz CT molecular complexity index is 1090. The first-order chi connectivity index (χ1) is 13.1. The molecule has 1 aromatic carbocycles. The number of pyridine rings is 1. The lowest BCUT2D eigenvalue weighted by atomic mass is 10.0. The van der Waals surface area contributed by atoms with Crippen LogP contribution in [-0.2, 0) is 6.42 Å². The number of carbonyl (C=O) groups excluding carboxylic acids is 1. The molecule has 0 spiro atoms. The van der Waals surface area contributed by atoms with E-state index in [-0.39, 0.29) is 17.4 Å². The van der Waals surface area contributed by atoms with Gasteiger partial charge in [-0.25, -0.2) is 14.4 Å². The first-order valence-corrected chi connectivity index (χ1v) is 9.19. The van der Waals surface area contributed by atoms with Crippen LogP contribution in [0.4, 0.5) is 4.39 Å². The summed E-state index contributed by atoms with van der Waals surface area (Å²) < 4.78 is 18.5. The smallest absolute Gasteiger partial charge is 0.259 e. The fraction of sp³-hybridized carbons (Fsp3) is 0.158. The van der Waals surface area contributed by atoms with E-state index >= 15 is 0 Å². The normalized spacial score (nSPS) is 11.0. The number of aryl methyl sites for hydroxylation is 1. The second kappa shape index (κ2) is 7.24. The van der Waals surface area contributed by atoms with Gasteiger partial charge in [0.05, 0.1) is 27.3 Å². The zero-order valence-electron chi connectivity index (χ0n) is 14.4. The second-order valence-electron chi connectivity index (χ2n) is 5.94. The summed E-state index contributed by atoms with van der Waals surface area (Å²) in [6.07, 6.45) is 2.40. The largest absolute Gasteiger partial charge is 0.352 e. The topological polar surface area (TPSA) is 80.9 Å². The Balaban J connectivity index is 1.66. The highest BCUT2D eigenvalue weighted by Gasteiger charge is 2.19. The van der Waals surface area contributed by atoms with Crippen molar-refractivity contribution in [2.75, 3.05) is 6.54 Å². The SMILES string of the molecule is Cc1noc2nc(-c3ccc(F)cc3)cc(C(=O)NCCc3nccs3)c12. The highest BCUT2D eigenvalue weighted by Crippen LogP contribution is 2.27. The van der Waals surface area contributed by atoms with E-state index in [1.54, 1.807) is 42.7 Å². The molecule has 0 aliphatic carbocycles. The van der Waals surface area contributed by atoms with Crippen molar-refractivity contribution in [3.05, 3.63) is 64.0 Å². The van der Waals surface area contributed by atoms with Gasteiger partial charge in [-0.05, 0) is 37.3 Å². The van der Waals surface area contributed by atoms with Crippen LogP contribution < -0.4 is 5.32 Å². The van der Waals surface area contributed by atoms with Crippen LogP contribution in [0.3, 0.4) is 0 Å². The average molecular weight is 382 g/mol. The van der Waals surface area contributed by atoms with Crippen LogP contribution in [0.2, 0.25) is 0 Å². The number of thiazole rings is 1. The Morgan fingerprint density at radius 3 is 2.85 bits per heavy atom. The number of nitrogens with one attached hydrogen (secondary N) is 1. The molecule has 6 nitrogen and oxygen atoms in total. The van der Waals surface area contributed by atoms with E-state index in [0.29, 0.717) is 40.9 Å². The van der Waals surface area contributed by atoms with Crippen molar-refractivity contribution < 1.29 is 13.7 Å². The van der Waals surface area contributed by atoms with Gasteiger partial charge in [0, 0.05) is 30.1 Å². The average Bonchev–Trinajstić information content (AvgIpc) is 3.32. The maximum Gasteiger partial charge on any atom is 0.259 e. The number of hydrogen-bond acceptors (Lipinski definition) is 6. The van der Waals surface area contributed by atoms with E-state index in [2.05, 4.69) is 20.4 Å². The van der Waals surface area contributed by atoms with Crippen LogP contribution in [0, 0.1) is 12.7 Å². The van der Waals surface area contributed by atoms with Crippen molar-refractivity contribution in [3.63, 3.8) is 0 Å². The Labute approximate surface area is 158 Å². The number of hydrogen-bond donors (Lipinski definition) is 1. The maximum absolute atomic E-state index is 13.2. The number of halogens is 1. The standard InChI is InChI=1S/C19H15FN4O2S/c1-11-17-14(18(25)22-7-6-16-21-8-9-27-16)10-15(23-19(17)26-24-11)12-2-4-13(20)5-3-12/h2-5,8-10H,6-7H2,1H3,(H,22,25). The molecule has 0 unspecified atom stereocenters. The van der Waals surface area contributed by atoms with E-state index in [4.69, 9.17) is 4.52 Å². The molecule has 4 rings (SSSR count). The minimum atomic E-state index is -0.338. The van der Waals surface area contributed by atoms with Gasteiger partial charge in [0.15, 0.2) is 0 Å². The number of aromatic nitrogens is 3. The molecule has 8 heteroatoms. The Morgan fingerprint density at radius 2 is 2.11 bits per heavy atom. The van der Waals surface area contributed by atoms with Crippen molar-refractivity contribution in [2.45, 2.75) is 13.3 Å². The minimum Gasteiger partial charge on any atom is -0.352 e. The molecular weight excluding hydrogens is 367 g/mol. The van der Waals surface area contributed by atoms with Crippen molar-refractivity contribution >= 4 is 28.3 Å². The lowest BCUT2D eigenvalue weighted by Gasteiger charge is -2.08. The number of amides is 1. The van der Waals surface area contributed by atoms with Crippen LogP contribution >= 0.6 is 11.3 Å². The van der Waals surface area contributed by atoms with Crippen LogP contribution in [0.15, 0.2) is 46.4 Å². The third-order valence-corrected chi connectivity index (χ3v) is 4.95. The van der Waals surface area contributed by atoms with Crippen LogP contribution in [0.1, 0.15) is 21.1 Å². The summed E-state index contributed by atoms with van der Waals surface area (Å²) in [6.45, 7) is 2.23. The Hall–Kier alpha value is -3.13. The van der Waals surface area contributed by atoms with E-state index < -0.39 is 0 Å². The number of fused-ring (bicyclic) bond motifs is 1. The molecular formula is C19H15FN4O2S. The molecule has 0 saturated carbocycles. The van der Waals surface area contributed by atoms with E-state index in [1.807, 2.05) is 5.38 Å². The van der Waals surface area contributed by atoms with Gasteiger partial charge >= 0.3 is 0 Å². The number of benzene rings is 1. The molecule has 0 atom stereocenters. The second-order valence-corrected chi connectivity index (χ2v) is 6.92. The van der Waals surface area contributed by atoms with Crippen molar-refractivity contribution in [1.82, 2.24) is 20.4 Å². The third-order valence-electron chi connectivity index (χ3n) is 4.11. The summed E-state index contributed by atoms with van der Waals surface area (Å²) in [4.78, 5) is 21.4. The molecule has 4 aromatic rings. The van der Waals surface area contributed by atoms with Crippen LogP contribution in [0.5, 0.6) is 0 Å². The van der Waals surface area contributed by atoms with Crippen molar-refractivity contribution in [2.24, 2.45) is 0 Å². The lowest BCUT2D eigenvalue weighted by molar-refractivity contribution is 0.0955. The summed E-state index contributed by atoms with van der Waals surface area (Å²) >= 11 is 1.55. The van der Waals surface area contributed by atoms with Gasteiger partial charge in [-0.15, -0.1) is 11.3 Å². The van der Waals surface area contributed by atoms with Gasteiger partial charge in [-0.2, -0.15) is 0 Å². The number of nitrogens with zero attached hydrogens (tertiary/aromatic N) is 3. The highest BCUT2D eigenvalue weighted by atomic mass is 32.1. The quantitative estimate of drug-likeness (QED) is 0.568. The lowest BCUT2D eigenvalue weighted by Crippen LogP contribution is -2.26. The molecule has 0 radical (unpaired) electrons. The fourth-order valence-electron chi connectivity index (χ4n) is 2.80. The molecule has 27 heavy (non-hydrogen) atoms. The van der Waals surface area contributed by atoms with Crippen molar-refractivity contribution in [3.8, 4) is 11.3 Å². The summed E-state index contributed by atoms with van der Waals surface area (Å²) in [5, 5.41) is 10.3. The number of rotatable bonds is 5. The van der Waals surface area contributed by atoms with Gasteiger partial charge in [0.2, 0.25) is 0 Å². The van der Waals surface area contributed by atoms with E-state index in [0.717, 1.165) is 5.01 Å². The molecule has 1 N–H and O–H groups in total. The zero-order chi connectivity index (χ0) is 18.8. The highest BCUT2D eigenvalue weighted by molar-refractivity contribution is 7.09. The number of carbonyl (C=O) groups is 1. The summed E-state index contributed by atoms with van der Waals surface area (Å²) in [5.41, 5.74) is 2.50. The molecule has 136 valence electrons. The minimum absolute atomic E-state index is 0.242. The van der Waals surface area contributed by atoms with Gasteiger partial charge in [0.25, 0.3) is 11.6 Å². The van der Waals surface area contributed by atoms with Crippen LogP contribution in [-0.4, -0.2) is 27.6 Å². The monoisotopic (exact) mass is 382 g/mol.